The fourth-order valence-electron chi connectivity index (χ4n) is 2.31. The van der Waals surface area contributed by atoms with Gasteiger partial charge in [0, 0.05) is 19.7 Å². The molecular formula is C18H28F3N3O4. The second-order valence-electron chi connectivity index (χ2n) is 5.68. The summed E-state index contributed by atoms with van der Waals surface area (Å²) in [6.07, 6.45) is -3.88. The Morgan fingerprint density at radius 3 is 2.18 bits per heavy atom. The summed E-state index contributed by atoms with van der Waals surface area (Å²) < 4.78 is 56.6. The molecule has 1 aromatic rings. The van der Waals surface area contributed by atoms with Gasteiger partial charge in [-0.2, -0.15) is 13.2 Å². The summed E-state index contributed by atoms with van der Waals surface area (Å²) in [7, 11) is 4.61. The van der Waals surface area contributed by atoms with Gasteiger partial charge in [0.2, 0.25) is 5.75 Å². The summed E-state index contributed by atoms with van der Waals surface area (Å²) in [5.41, 5.74) is 0.847. The van der Waals surface area contributed by atoms with Crippen molar-refractivity contribution in [3.05, 3.63) is 17.7 Å². The van der Waals surface area contributed by atoms with E-state index in [9.17, 15) is 13.2 Å². The van der Waals surface area contributed by atoms with Gasteiger partial charge in [0.05, 0.1) is 27.9 Å². The number of alkyl halides is 3. The minimum Gasteiger partial charge on any atom is -0.493 e. The second-order valence-corrected chi connectivity index (χ2v) is 5.68. The van der Waals surface area contributed by atoms with Crippen LogP contribution in [0.1, 0.15) is 18.9 Å². The molecule has 0 aromatic heterocycles. The van der Waals surface area contributed by atoms with Crippen LogP contribution < -0.4 is 24.8 Å². The average molecular weight is 407 g/mol. The first-order chi connectivity index (χ1) is 13.3. The number of hydrogen-bond donors (Lipinski definition) is 2. The number of halogens is 3. The lowest BCUT2D eigenvalue weighted by atomic mass is 10.2. The van der Waals surface area contributed by atoms with Crippen molar-refractivity contribution in [3.63, 3.8) is 0 Å². The second kappa shape index (κ2) is 12.2. The molecule has 0 aliphatic heterocycles. The van der Waals surface area contributed by atoms with Crippen molar-refractivity contribution >= 4 is 5.96 Å². The van der Waals surface area contributed by atoms with Gasteiger partial charge in [0.1, 0.15) is 6.61 Å². The molecule has 2 N–H and O–H groups in total. The van der Waals surface area contributed by atoms with Crippen LogP contribution in [0.15, 0.2) is 17.1 Å². The Bertz CT molecular complexity index is 600. The van der Waals surface area contributed by atoms with Gasteiger partial charge < -0.3 is 29.6 Å². The molecule has 0 aliphatic carbocycles. The molecule has 0 aliphatic rings. The number of nitrogens with zero attached hydrogens (tertiary/aromatic N) is 1. The lowest BCUT2D eigenvalue weighted by Crippen LogP contribution is -2.38. The van der Waals surface area contributed by atoms with E-state index in [1.54, 1.807) is 12.1 Å². The SMILES string of the molecule is CCNC(=NCc1cc(OC)c(OC)c(OC)c1)NCCCOCC(F)(F)F. The molecular weight excluding hydrogens is 379 g/mol. The normalized spacial score (nSPS) is 11.9. The average Bonchev–Trinajstić information content (AvgIpc) is 2.66. The third kappa shape index (κ3) is 8.55. The van der Waals surface area contributed by atoms with Crippen molar-refractivity contribution in [2.45, 2.75) is 26.1 Å². The van der Waals surface area contributed by atoms with Crippen LogP contribution in [0.2, 0.25) is 0 Å². The number of rotatable bonds is 11. The van der Waals surface area contributed by atoms with Gasteiger partial charge in [0.15, 0.2) is 17.5 Å². The van der Waals surface area contributed by atoms with E-state index in [0.717, 1.165) is 5.56 Å². The van der Waals surface area contributed by atoms with Crippen molar-refractivity contribution in [2.24, 2.45) is 4.99 Å². The predicted octanol–water partition coefficient (Wildman–Crippen LogP) is 2.74. The Kier molecular flexibility index (Phi) is 10.3. The standard InChI is InChI=1S/C18H28F3N3O4/c1-5-22-17(23-7-6-8-28-12-18(19,20)21)24-11-13-9-14(25-2)16(27-4)15(10-13)26-3/h9-10H,5-8,11-12H2,1-4H3,(H2,22,23,24). The first-order valence-electron chi connectivity index (χ1n) is 8.80. The molecule has 0 atom stereocenters. The Labute approximate surface area is 163 Å². The summed E-state index contributed by atoms with van der Waals surface area (Å²) >= 11 is 0. The van der Waals surface area contributed by atoms with Gasteiger partial charge in [-0.25, -0.2) is 4.99 Å². The molecule has 1 aromatic carbocycles. The molecule has 0 bridgehead atoms. The minimum absolute atomic E-state index is 0.0127. The molecule has 0 spiro atoms. The zero-order valence-corrected chi connectivity index (χ0v) is 16.6. The van der Waals surface area contributed by atoms with Crippen LogP contribution >= 0.6 is 0 Å². The highest BCUT2D eigenvalue weighted by Crippen LogP contribution is 2.38. The minimum atomic E-state index is -4.30. The number of benzene rings is 1. The van der Waals surface area contributed by atoms with Crippen molar-refractivity contribution < 1.29 is 32.1 Å². The highest BCUT2D eigenvalue weighted by atomic mass is 19.4. The van der Waals surface area contributed by atoms with Crippen molar-refractivity contribution in [3.8, 4) is 17.2 Å². The van der Waals surface area contributed by atoms with Crippen LogP contribution in [0.3, 0.4) is 0 Å². The molecule has 1 rings (SSSR count). The molecule has 0 unspecified atom stereocenters. The van der Waals surface area contributed by atoms with E-state index in [1.807, 2.05) is 6.92 Å². The first kappa shape index (κ1) is 23.7. The number of nitrogens with one attached hydrogen (secondary N) is 2. The Morgan fingerprint density at radius 2 is 1.68 bits per heavy atom. The number of ether oxygens (including phenoxy) is 4. The third-order valence-electron chi connectivity index (χ3n) is 3.51. The summed E-state index contributed by atoms with van der Waals surface area (Å²) in [6.45, 7) is 2.12. The molecule has 0 saturated carbocycles. The van der Waals surface area contributed by atoms with Gasteiger partial charge in [-0.3, -0.25) is 0 Å². The summed E-state index contributed by atoms with van der Waals surface area (Å²) in [4.78, 5) is 4.47. The largest absolute Gasteiger partial charge is 0.493 e. The Morgan fingerprint density at radius 1 is 1.04 bits per heavy atom. The lowest BCUT2D eigenvalue weighted by Gasteiger charge is -2.14. The van der Waals surface area contributed by atoms with Crippen LogP contribution in [-0.2, 0) is 11.3 Å². The molecule has 0 fully saturated rings. The zero-order valence-electron chi connectivity index (χ0n) is 16.6. The molecule has 10 heteroatoms. The van der Waals surface area contributed by atoms with Crippen LogP contribution in [0, 0.1) is 0 Å². The van der Waals surface area contributed by atoms with E-state index < -0.39 is 12.8 Å². The number of aliphatic imine (C=N–C) groups is 1. The lowest BCUT2D eigenvalue weighted by molar-refractivity contribution is -0.173. The van der Waals surface area contributed by atoms with E-state index in [-0.39, 0.29) is 6.61 Å². The fraction of sp³-hybridized carbons (Fsp3) is 0.611. The topological polar surface area (TPSA) is 73.3 Å². The van der Waals surface area contributed by atoms with Crippen LogP contribution in [0.4, 0.5) is 13.2 Å². The van der Waals surface area contributed by atoms with Crippen LogP contribution in [0.5, 0.6) is 17.2 Å². The first-order valence-corrected chi connectivity index (χ1v) is 8.80. The van der Waals surface area contributed by atoms with Gasteiger partial charge in [-0.05, 0) is 31.0 Å². The van der Waals surface area contributed by atoms with Gasteiger partial charge >= 0.3 is 6.18 Å². The molecule has 0 amide bonds. The summed E-state index contributed by atoms with van der Waals surface area (Å²) in [5, 5.41) is 6.14. The van der Waals surface area contributed by atoms with E-state index in [0.29, 0.717) is 49.3 Å². The van der Waals surface area contributed by atoms with E-state index in [4.69, 9.17) is 14.2 Å². The summed E-state index contributed by atoms with van der Waals surface area (Å²) in [6, 6.07) is 3.61. The van der Waals surface area contributed by atoms with Crippen molar-refractivity contribution in [1.29, 1.82) is 0 Å². The number of hydrogen-bond acceptors (Lipinski definition) is 5. The fourth-order valence-corrected chi connectivity index (χ4v) is 2.31. The van der Waals surface area contributed by atoms with Crippen LogP contribution in [-0.4, -0.2) is 59.8 Å². The molecule has 0 radical (unpaired) electrons. The van der Waals surface area contributed by atoms with E-state index >= 15 is 0 Å². The molecule has 0 saturated heterocycles. The Balaban J connectivity index is 2.64. The van der Waals surface area contributed by atoms with Gasteiger partial charge in [-0.15, -0.1) is 0 Å². The highest BCUT2D eigenvalue weighted by molar-refractivity contribution is 5.79. The third-order valence-corrected chi connectivity index (χ3v) is 3.51. The monoisotopic (exact) mass is 407 g/mol. The smallest absolute Gasteiger partial charge is 0.411 e. The van der Waals surface area contributed by atoms with E-state index in [1.165, 1.54) is 21.3 Å². The number of methoxy groups -OCH3 is 3. The van der Waals surface area contributed by atoms with Crippen molar-refractivity contribution in [2.75, 3.05) is 47.6 Å². The molecule has 160 valence electrons. The predicted molar refractivity (Wildman–Crippen MR) is 100 cm³/mol. The maximum absolute atomic E-state index is 12.0. The van der Waals surface area contributed by atoms with E-state index in [2.05, 4.69) is 20.4 Å². The maximum Gasteiger partial charge on any atom is 0.411 e. The maximum atomic E-state index is 12.0. The molecule has 0 heterocycles. The number of guanidine groups is 1. The zero-order chi connectivity index (χ0) is 21.0. The Hall–Kier alpha value is -2.36. The van der Waals surface area contributed by atoms with Crippen LogP contribution in [0.25, 0.3) is 0 Å². The summed E-state index contributed by atoms with van der Waals surface area (Å²) in [5.74, 6) is 2.12. The highest BCUT2D eigenvalue weighted by Gasteiger charge is 2.27. The molecule has 28 heavy (non-hydrogen) atoms. The molecule has 7 nitrogen and oxygen atoms in total. The van der Waals surface area contributed by atoms with Gasteiger partial charge in [-0.1, -0.05) is 0 Å². The quantitative estimate of drug-likeness (QED) is 0.334. The van der Waals surface area contributed by atoms with Gasteiger partial charge in [0.25, 0.3) is 0 Å². The van der Waals surface area contributed by atoms with Crippen molar-refractivity contribution in [1.82, 2.24) is 10.6 Å².